The van der Waals surface area contributed by atoms with Gasteiger partial charge in [-0.1, -0.05) is 51.1 Å². The summed E-state index contributed by atoms with van der Waals surface area (Å²) in [7, 11) is 0. The molecule has 5 heteroatoms. The molecule has 0 unspecified atom stereocenters. The molecule has 2 nitrogen and oxygen atoms in total. The molecule has 1 aliphatic rings. The number of aliphatic hydroxyl groups excluding tert-OH is 1. The second-order valence-corrected chi connectivity index (χ2v) is 6.85. The average molecular weight is 414 g/mol. The minimum Gasteiger partial charge on any atom is -0.391 e. The lowest BCUT2D eigenvalue weighted by Gasteiger charge is -2.31. The van der Waals surface area contributed by atoms with Gasteiger partial charge in [0.25, 0.3) is 0 Å². The summed E-state index contributed by atoms with van der Waals surface area (Å²) in [6.07, 6.45) is 5.47. The van der Waals surface area contributed by atoms with Crippen LogP contribution in [0.4, 0.5) is 0 Å². The summed E-state index contributed by atoms with van der Waals surface area (Å²) in [5.74, 6) is 0.347. The van der Waals surface area contributed by atoms with Crippen molar-refractivity contribution in [1.29, 1.82) is 0 Å². The van der Waals surface area contributed by atoms with Crippen LogP contribution in [-0.2, 0) is 0 Å². The van der Waals surface area contributed by atoms with Crippen LogP contribution in [0.1, 0.15) is 43.7 Å². The number of hydrogen-bond donors (Lipinski definition) is 2. The minimum atomic E-state index is -0.448. The Morgan fingerprint density at radius 3 is 2.42 bits per heavy atom. The molecule has 1 aromatic rings. The van der Waals surface area contributed by atoms with Gasteiger partial charge in [0, 0.05) is 8.95 Å². The van der Waals surface area contributed by atoms with E-state index in [0.717, 1.165) is 27.4 Å². The summed E-state index contributed by atoms with van der Waals surface area (Å²) in [6.45, 7) is 0. The lowest BCUT2D eigenvalue weighted by molar-refractivity contribution is 0.0616. The summed E-state index contributed by atoms with van der Waals surface area (Å²) in [5.41, 5.74) is 7.21. The van der Waals surface area contributed by atoms with Gasteiger partial charge in [-0.15, -0.1) is 12.4 Å². The quantitative estimate of drug-likeness (QED) is 0.762. The molecule has 0 amide bonds. The molecular formula is C14H20Br2ClNO. The molecule has 1 aliphatic carbocycles. The summed E-state index contributed by atoms with van der Waals surface area (Å²) in [5, 5.41) is 10.5. The van der Waals surface area contributed by atoms with Crippen molar-refractivity contribution in [3.05, 3.63) is 32.7 Å². The molecule has 0 aromatic heterocycles. The van der Waals surface area contributed by atoms with Crippen LogP contribution in [0.5, 0.6) is 0 Å². The highest BCUT2D eigenvalue weighted by Gasteiger charge is 2.28. The topological polar surface area (TPSA) is 46.2 Å². The summed E-state index contributed by atoms with van der Waals surface area (Å²) in [6, 6.07) is 5.60. The van der Waals surface area contributed by atoms with Crippen LogP contribution < -0.4 is 5.73 Å². The third-order valence-corrected chi connectivity index (χ3v) is 5.03. The van der Waals surface area contributed by atoms with Gasteiger partial charge in [-0.05, 0) is 42.5 Å². The third-order valence-electron chi connectivity index (χ3n) is 3.82. The van der Waals surface area contributed by atoms with E-state index in [4.69, 9.17) is 5.73 Å². The smallest absolute Gasteiger partial charge is 0.0761 e. The van der Waals surface area contributed by atoms with Crippen molar-refractivity contribution in [2.24, 2.45) is 11.7 Å². The van der Waals surface area contributed by atoms with Gasteiger partial charge in [0.1, 0.15) is 0 Å². The van der Waals surface area contributed by atoms with Crippen molar-refractivity contribution < 1.29 is 5.11 Å². The standard InChI is InChI=1S/C14H19Br2NO.ClH/c15-10-6-7-12(16)11(8-10)13(17)14(18)9-4-2-1-3-5-9;/h6-9,13-14,18H,1-5,17H2;1H/t13-,14+;/m1./s1. The van der Waals surface area contributed by atoms with E-state index in [9.17, 15) is 5.11 Å². The van der Waals surface area contributed by atoms with Crippen molar-refractivity contribution in [3.8, 4) is 0 Å². The monoisotopic (exact) mass is 411 g/mol. The highest BCUT2D eigenvalue weighted by atomic mass is 79.9. The molecule has 108 valence electrons. The molecule has 0 radical (unpaired) electrons. The number of aliphatic hydroxyl groups is 1. The van der Waals surface area contributed by atoms with Gasteiger partial charge in [0.2, 0.25) is 0 Å². The van der Waals surface area contributed by atoms with Crippen LogP contribution in [0.3, 0.4) is 0 Å². The van der Waals surface area contributed by atoms with Gasteiger partial charge in [-0.3, -0.25) is 0 Å². The fourth-order valence-electron chi connectivity index (χ4n) is 2.72. The predicted octanol–water partition coefficient (Wildman–Crippen LogP) is 4.57. The molecule has 1 fully saturated rings. The Morgan fingerprint density at radius 1 is 1.16 bits per heavy atom. The summed E-state index contributed by atoms with van der Waals surface area (Å²) >= 11 is 6.96. The maximum absolute atomic E-state index is 10.5. The van der Waals surface area contributed by atoms with Gasteiger partial charge in [0.05, 0.1) is 12.1 Å². The molecule has 0 saturated heterocycles. The summed E-state index contributed by atoms with van der Waals surface area (Å²) in [4.78, 5) is 0. The zero-order valence-corrected chi connectivity index (χ0v) is 14.7. The van der Waals surface area contributed by atoms with E-state index in [2.05, 4.69) is 31.9 Å². The predicted molar refractivity (Wildman–Crippen MR) is 88.6 cm³/mol. The Morgan fingerprint density at radius 2 is 1.79 bits per heavy atom. The van der Waals surface area contributed by atoms with Crippen LogP contribution in [-0.4, -0.2) is 11.2 Å². The Kier molecular flexibility index (Phi) is 7.33. The summed E-state index contributed by atoms with van der Waals surface area (Å²) < 4.78 is 1.96. The largest absolute Gasteiger partial charge is 0.391 e. The Labute approximate surface area is 137 Å². The van der Waals surface area contributed by atoms with Gasteiger partial charge < -0.3 is 10.8 Å². The molecule has 2 atom stereocenters. The first-order valence-electron chi connectivity index (χ1n) is 6.48. The van der Waals surface area contributed by atoms with E-state index in [1.165, 1.54) is 19.3 Å². The fraction of sp³-hybridized carbons (Fsp3) is 0.571. The first-order valence-corrected chi connectivity index (χ1v) is 8.07. The maximum atomic E-state index is 10.5. The molecule has 0 bridgehead atoms. The van der Waals surface area contributed by atoms with Crippen LogP contribution in [0.2, 0.25) is 0 Å². The number of halogens is 3. The number of nitrogens with two attached hydrogens (primary N) is 1. The first-order chi connectivity index (χ1) is 8.59. The second kappa shape index (κ2) is 7.99. The van der Waals surface area contributed by atoms with E-state index in [1.807, 2.05) is 18.2 Å². The zero-order valence-electron chi connectivity index (χ0n) is 10.7. The molecule has 3 N–H and O–H groups in total. The number of benzene rings is 1. The Balaban J connectivity index is 0.00000180. The van der Waals surface area contributed by atoms with Crippen LogP contribution in [0, 0.1) is 5.92 Å². The fourth-order valence-corrected chi connectivity index (χ4v) is 3.61. The molecular weight excluding hydrogens is 393 g/mol. The van der Waals surface area contributed by atoms with Gasteiger partial charge in [-0.2, -0.15) is 0 Å². The molecule has 1 saturated carbocycles. The SMILES string of the molecule is Cl.N[C@H](c1cc(Br)ccc1Br)[C@@H](O)C1CCCCC1. The molecule has 1 aromatic carbocycles. The average Bonchev–Trinajstić information content (AvgIpc) is 2.41. The third kappa shape index (κ3) is 4.43. The molecule has 2 rings (SSSR count). The highest BCUT2D eigenvalue weighted by Crippen LogP contribution is 2.34. The molecule has 0 spiro atoms. The van der Waals surface area contributed by atoms with E-state index < -0.39 is 6.10 Å². The minimum absolute atomic E-state index is 0. The van der Waals surface area contributed by atoms with E-state index in [-0.39, 0.29) is 18.4 Å². The Hall–Kier alpha value is 0.390. The lowest BCUT2D eigenvalue weighted by Crippen LogP contribution is -2.34. The van der Waals surface area contributed by atoms with Crippen molar-refractivity contribution in [2.75, 3.05) is 0 Å². The van der Waals surface area contributed by atoms with Gasteiger partial charge in [0.15, 0.2) is 0 Å². The van der Waals surface area contributed by atoms with E-state index in [1.54, 1.807) is 0 Å². The van der Waals surface area contributed by atoms with Crippen molar-refractivity contribution in [3.63, 3.8) is 0 Å². The van der Waals surface area contributed by atoms with E-state index in [0.29, 0.717) is 5.92 Å². The van der Waals surface area contributed by atoms with Crippen LogP contribution >= 0.6 is 44.3 Å². The number of hydrogen-bond acceptors (Lipinski definition) is 2. The van der Waals surface area contributed by atoms with Crippen molar-refractivity contribution in [2.45, 2.75) is 44.2 Å². The van der Waals surface area contributed by atoms with Crippen LogP contribution in [0.15, 0.2) is 27.1 Å². The normalized spacial score (nSPS) is 19.6. The van der Waals surface area contributed by atoms with Gasteiger partial charge in [-0.25, -0.2) is 0 Å². The second-order valence-electron chi connectivity index (χ2n) is 5.08. The molecule has 0 heterocycles. The number of rotatable bonds is 3. The van der Waals surface area contributed by atoms with Gasteiger partial charge >= 0.3 is 0 Å². The van der Waals surface area contributed by atoms with Crippen molar-refractivity contribution in [1.82, 2.24) is 0 Å². The van der Waals surface area contributed by atoms with Crippen LogP contribution in [0.25, 0.3) is 0 Å². The molecule has 19 heavy (non-hydrogen) atoms. The Bertz CT molecular complexity index is 410. The zero-order chi connectivity index (χ0) is 13.1. The highest BCUT2D eigenvalue weighted by molar-refractivity contribution is 9.11. The van der Waals surface area contributed by atoms with E-state index >= 15 is 0 Å². The molecule has 0 aliphatic heterocycles. The maximum Gasteiger partial charge on any atom is 0.0761 e. The first kappa shape index (κ1) is 17.4. The lowest BCUT2D eigenvalue weighted by atomic mass is 9.81. The van der Waals surface area contributed by atoms with Crippen molar-refractivity contribution >= 4 is 44.3 Å².